The van der Waals surface area contributed by atoms with E-state index in [9.17, 15) is 9.90 Å². The minimum atomic E-state index is -0.482. The molecule has 0 bridgehead atoms. The fraction of sp³-hybridized carbons (Fsp3) is 0.917. The molecule has 0 aliphatic rings. The zero-order valence-electron chi connectivity index (χ0n) is 10.4. The van der Waals surface area contributed by atoms with Gasteiger partial charge in [-0.1, -0.05) is 26.7 Å². The zero-order chi connectivity index (χ0) is 11.8. The Labute approximate surface area is 93.3 Å². The molecule has 0 aliphatic carbocycles. The van der Waals surface area contributed by atoms with Crippen molar-refractivity contribution in [2.45, 2.75) is 65.5 Å². The second-order valence-corrected chi connectivity index (χ2v) is 4.74. The average molecular weight is 215 g/mol. The molecule has 0 aliphatic heterocycles. The molecule has 90 valence electrons. The molecule has 2 N–H and O–H groups in total. The summed E-state index contributed by atoms with van der Waals surface area (Å²) < 4.78 is 0. The number of carbonyl (C=O) groups is 1. The van der Waals surface area contributed by atoms with Gasteiger partial charge in [0.05, 0.1) is 12.1 Å². The van der Waals surface area contributed by atoms with Crippen LogP contribution in [0.5, 0.6) is 0 Å². The third kappa shape index (κ3) is 8.43. The van der Waals surface area contributed by atoms with Gasteiger partial charge in [-0.05, 0) is 26.2 Å². The fourth-order valence-electron chi connectivity index (χ4n) is 1.28. The van der Waals surface area contributed by atoms with Crippen LogP contribution in [0.3, 0.4) is 0 Å². The Balaban J connectivity index is 3.49. The maximum absolute atomic E-state index is 11.4. The Morgan fingerprint density at radius 1 is 1.20 bits per heavy atom. The standard InChI is InChI=1S/C12H25NO2/c1-9(2)7-5-6-8-12(15)13-10(3)11(4)14/h9-11,14H,5-8H2,1-4H3,(H,13,15). The highest BCUT2D eigenvalue weighted by Crippen LogP contribution is 2.08. The fourth-order valence-corrected chi connectivity index (χ4v) is 1.28. The lowest BCUT2D eigenvalue weighted by Crippen LogP contribution is -2.39. The molecule has 0 rings (SSSR count). The van der Waals surface area contributed by atoms with Gasteiger partial charge in [0.1, 0.15) is 0 Å². The van der Waals surface area contributed by atoms with Crippen LogP contribution >= 0.6 is 0 Å². The molecule has 0 spiro atoms. The number of aliphatic hydroxyl groups excluding tert-OH is 1. The molecule has 0 aromatic heterocycles. The minimum Gasteiger partial charge on any atom is -0.391 e. The number of hydrogen-bond donors (Lipinski definition) is 2. The summed E-state index contributed by atoms with van der Waals surface area (Å²) in [7, 11) is 0. The predicted octanol–water partition coefficient (Wildman–Crippen LogP) is 2.09. The minimum absolute atomic E-state index is 0.0483. The first-order valence-corrected chi connectivity index (χ1v) is 5.91. The highest BCUT2D eigenvalue weighted by Gasteiger charge is 2.11. The van der Waals surface area contributed by atoms with E-state index in [1.54, 1.807) is 6.92 Å². The summed E-state index contributed by atoms with van der Waals surface area (Å²) in [5.41, 5.74) is 0. The van der Waals surface area contributed by atoms with E-state index in [-0.39, 0.29) is 11.9 Å². The van der Waals surface area contributed by atoms with Gasteiger partial charge in [0, 0.05) is 6.42 Å². The molecular formula is C12H25NO2. The van der Waals surface area contributed by atoms with E-state index in [2.05, 4.69) is 19.2 Å². The number of hydrogen-bond acceptors (Lipinski definition) is 2. The van der Waals surface area contributed by atoms with Crippen molar-refractivity contribution in [2.75, 3.05) is 0 Å². The maximum atomic E-state index is 11.4. The molecule has 15 heavy (non-hydrogen) atoms. The van der Waals surface area contributed by atoms with Gasteiger partial charge in [-0.2, -0.15) is 0 Å². The SMILES string of the molecule is CC(C)CCCCC(=O)NC(C)C(C)O. The number of nitrogens with one attached hydrogen (secondary N) is 1. The van der Waals surface area contributed by atoms with Crippen LogP contribution in [0.4, 0.5) is 0 Å². The van der Waals surface area contributed by atoms with Gasteiger partial charge in [-0.15, -0.1) is 0 Å². The van der Waals surface area contributed by atoms with Gasteiger partial charge >= 0.3 is 0 Å². The molecule has 0 heterocycles. The van der Waals surface area contributed by atoms with E-state index in [0.29, 0.717) is 12.3 Å². The summed E-state index contributed by atoms with van der Waals surface area (Å²) in [4.78, 5) is 11.4. The van der Waals surface area contributed by atoms with Crippen molar-refractivity contribution in [1.82, 2.24) is 5.32 Å². The highest BCUT2D eigenvalue weighted by atomic mass is 16.3. The Morgan fingerprint density at radius 3 is 2.27 bits per heavy atom. The van der Waals surface area contributed by atoms with Crippen molar-refractivity contribution in [3.8, 4) is 0 Å². The first-order valence-electron chi connectivity index (χ1n) is 5.91. The van der Waals surface area contributed by atoms with Crippen molar-refractivity contribution >= 4 is 5.91 Å². The molecular weight excluding hydrogens is 190 g/mol. The van der Waals surface area contributed by atoms with E-state index in [1.807, 2.05) is 6.92 Å². The highest BCUT2D eigenvalue weighted by molar-refractivity contribution is 5.76. The van der Waals surface area contributed by atoms with Crippen LogP contribution in [-0.4, -0.2) is 23.2 Å². The van der Waals surface area contributed by atoms with Gasteiger partial charge < -0.3 is 10.4 Å². The molecule has 2 atom stereocenters. The number of aliphatic hydroxyl groups is 1. The number of unbranched alkanes of at least 4 members (excludes halogenated alkanes) is 1. The first-order chi connectivity index (χ1) is 6.93. The van der Waals surface area contributed by atoms with Crippen LogP contribution in [0.25, 0.3) is 0 Å². The quantitative estimate of drug-likeness (QED) is 0.639. The monoisotopic (exact) mass is 215 g/mol. The normalized spacial score (nSPS) is 15.1. The molecule has 3 nitrogen and oxygen atoms in total. The summed E-state index contributed by atoms with van der Waals surface area (Å²) in [5.74, 6) is 0.761. The summed E-state index contributed by atoms with van der Waals surface area (Å²) in [6.45, 7) is 7.88. The van der Waals surface area contributed by atoms with Crippen LogP contribution in [-0.2, 0) is 4.79 Å². The van der Waals surface area contributed by atoms with Gasteiger partial charge in [-0.3, -0.25) is 4.79 Å². The van der Waals surface area contributed by atoms with E-state index < -0.39 is 6.10 Å². The third-order valence-corrected chi connectivity index (χ3v) is 2.55. The van der Waals surface area contributed by atoms with Crippen molar-refractivity contribution in [3.05, 3.63) is 0 Å². The van der Waals surface area contributed by atoms with Crippen molar-refractivity contribution in [1.29, 1.82) is 0 Å². The largest absolute Gasteiger partial charge is 0.391 e. The summed E-state index contributed by atoms with van der Waals surface area (Å²) in [5, 5.41) is 12.0. The number of rotatable bonds is 7. The molecule has 0 radical (unpaired) electrons. The molecule has 0 aromatic rings. The van der Waals surface area contributed by atoms with Crippen LogP contribution in [0.2, 0.25) is 0 Å². The van der Waals surface area contributed by atoms with Crippen LogP contribution in [0, 0.1) is 5.92 Å². The Kier molecular flexibility index (Phi) is 7.39. The predicted molar refractivity (Wildman–Crippen MR) is 62.6 cm³/mol. The Bertz CT molecular complexity index is 178. The lowest BCUT2D eigenvalue weighted by molar-refractivity contribution is -0.122. The number of amides is 1. The lowest BCUT2D eigenvalue weighted by Gasteiger charge is -2.16. The van der Waals surface area contributed by atoms with Crippen molar-refractivity contribution in [2.24, 2.45) is 5.92 Å². The molecule has 1 amide bonds. The Hall–Kier alpha value is -0.570. The summed E-state index contributed by atoms with van der Waals surface area (Å²) >= 11 is 0. The third-order valence-electron chi connectivity index (χ3n) is 2.55. The molecule has 3 heteroatoms. The van der Waals surface area contributed by atoms with Crippen molar-refractivity contribution in [3.63, 3.8) is 0 Å². The second kappa shape index (κ2) is 7.69. The molecule has 0 saturated carbocycles. The summed E-state index contributed by atoms with van der Waals surface area (Å²) in [6.07, 6.45) is 3.32. The van der Waals surface area contributed by atoms with E-state index >= 15 is 0 Å². The van der Waals surface area contributed by atoms with Crippen LogP contribution < -0.4 is 5.32 Å². The van der Waals surface area contributed by atoms with E-state index in [4.69, 9.17) is 0 Å². The zero-order valence-corrected chi connectivity index (χ0v) is 10.4. The smallest absolute Gasteiger partial charge is 0.220 e. The van der Waals surface area contributed by atoms with Gasteiger partial charge in [0.15, 0.2) is 0 Å². The van der Waals surface area contributed by atoms with Gasteiger partial charge in [0.2, 0.25) is 5.91 Å². The summed E-state index contributed by atoms with van der Waals surface area (Å²) in [6, 6.07) is -0.150. The lowest BCUT2D eigenvalue weighted by atomic mass is 10.1. The maximum Gasteiger partial charge on any atom is 0.220 e. The van der Waals surface area contributed by atoms with Crippen LogP contribution in [0.15, 0.2) is 0 Å². The van der Waals surface area contributed by atoms with Gasteiger partial charge in [-0.25, -0.2) is 0 Å². The Morgan fingerprint density at radius 2 is 1.80 bits per heavy atom. The second-order valence-electron chi connectivity index (χ2n) is 4.74. The number of carbonyl (C=O) groups excluding carboxylic acids is 1. The molecule has 0 saturated heterocycles. The van der Waals surface area contributed by atoms with Crippen molar-refractivity contribution < 1.29 is 9.90 Å². The topological polar surface area (TPSA) is 49.3 Å². The van der Waals surface area contributed by atoms with Crippen LogP contribution in [0.1, 0.15) is 53.4 Å². The van der Waals surface area contributed by atoms with E-state index in [0.717, 1.165) is 12.8 Å². The first kappa shape index (κ1) is 14.4. The molecule has 0 fully saturated rings. The molecule has 0 aromatic carbocycles. The van der Waals surface area contributed by atoms with E-state index in [1.165, 1.54) is 6.42 Å². The van der Waals surface area contributed by atoms with Gasteiger partial charge in [0.25, 0.3) is 0 Å². The average Bonchev–Trinajstić information content (AvgIpc) is 2.12. The molecule has 2 unspecified atom stereocenters.